The van der Waals surface area contributed by atoms with Crippen LogP contribution in [0.2, 0.25) is 0 Å². The summed E-state index contributed by atoms with van der Waals surface area (Å²) in [5, 5.41) is 7.28. The average molecular weight is 402 g/mol. The van der Waals surface area contributed by atoms with Gasteiger partial charge in [0.15, 0.2) is 5.12 Å². The molecule has 3 amide bonds. The van der Waals surface area contributed by atoms with Crippen molar-refractivity contribution >= 4 is 40.4 Å². The molecule has 0 aliphatic carbocycles. The largest absolute Gasteiger partial charge is 0.355 e. The molecule has 0 saturated heterocycles. The quantitative estimate of drug-likeness (QED) is 0.416. The molecule has 0 saturated carbocycles. The van der Waals surface area contributed by atoms with Crippen LogP contribution in [0.15, 0.2) is 0 Å². The summed E-state index contributed by atoms with van der Waals surface area (Å²) in [7, 11) is 0. The number of Topliss-reactive ketones (excluding diaryl/α,β-unsaturated/α-hetero) is 1. The number of thioether (sulfide) groups is 1. The van der Waals surface area contributed by atoms with Gasteiger partial charge in [-0.25, -0.2) is 0 Å². The molecule has 0 atom stereocenters. The summed E-state index contributed by atoms with van der Waals surface area (Å²) >= 11 is 0.861. The predicted molar refractivity (Wildman–Crippen MR) is 105 cm³/mol. The van der Waals surface area contributed by atoms with Gasteiger partial charge in [-0.15, -0.1) is 0 Å². The van der Waals surface area contributed by atoms with E-state index in [1.165, 1.54) is 6.92 Å². The molecule has 0 radical (unpaired) electrons. The molecule has 0 aliphatic heterocycles. The fourth-order valence-corrected chi connectivity index (χ4v) is 2.33. The van der Waals surface area contributed by atoms with E-state index >= 15 is 0 Å². The van der Waals surface area contributed by atoms with E-state index < -0.39 is 11.8 Å². The second kappa shape index (κ2) is 13.3. The van der Waals surface area contributed by atoms with Crippen LogP contribution in [0.4, 0.5) is 0 Å². The summed E-state index contributed by atoms with van der Waals surface area (Å²) in [6.45, 7) is 7.14. The molecule has 0 bridgehead atoms. The Kier molecular flexibility index (Phi) is 12.4. The zero-order valence-electron chi connectivity index (χ0n) is 16.6. The third-order valence-electron chi connectivity index (χ3n) is 3.54. The molecule has 9 heteroatoms. The lowest BCUT2D eigenvalue weighted by molar-refractivity contribution is -0.127. The maximum Gasteiger partial charge on any atom is 0.239 e. The normalized spacial score (nSPS) is 10.8. The van der Waals surface area contributed by atoms with Gasteiger partial charge in [0.2, 0.25) is 17.7 Å². The first-order chi connectivity index (χ1) is 12.5. The van der Waals surface area contributed by atoms with Crippen LogP contribution in [0.5, 0.6) is 0 Å². The van der Waals surface area contributed by atoms with Gasteiger partial charge in [-0.3, -0.25) is 24.0 Å². The van der Waals surface area contributed by atoms with Crippen molar-refractivity contribution in [3.8, 4) is 0 Å². The minimum Gasteiger partial charge on any atom is -0.355 e. The molecule has 8 nitrogen and oxygen atoms in total. The number of carbonyl (C=O) groups excluding carboxylic acids is 5. The highest BCUT2D eigenvalue weighted by Gasteiger charge is 2.19. The predicted octanol–water partition coefficient (Wildman–Crippen LogP) is 0.790. The maximum atomic E-state index is 11.8. The van der Waals surface area contributed by atoms with Crippen molar-refractivity contribution in [1.29, 1.82) is 0 Å². The Morgan fingerprint density at radius 1 is 0.778 bits per heavy atom. The van der Waals surface area contributed by atoms with Crippen molar-refractivity contribution in [3.63, 3.8) is 0 Å². The SMILES string of the molecule is CC(=O)SCC(=O)NCC(=O)NCC(=O)NCCCCCC(=O)C(C)(C)C. The van der Waals surface area contributed by atoms with E-state index in [1.54, 1.807) is 0 Å². The minimum absolute atomic E-state index is 0.0373. The molecule has 0 unspecified atom stereocenters. The first-order valence-corrected chi connectivity index (χ1v) is 9.97. The van der Waals surface area contributed by atoms with E-state index in [2.05, 4.69) is 16.0 Å². The van der Waals surface area contributed by atoms with Gasteiger partial charge in [-0.1, -0.05) is 39.0 Å². The monoisotopic (exact) mass is 401 g/mol. The van der Waals surface area contributed by atoms with E-state index in [0.29, 0.717) is 13.0 Å². The van der Waals surface area contributed by atoms with Gasteiger partial charge in [-0.2, -0.15) is 0 Å². The standard InChI is InChI=1S/C18H31N3O5S/c1-13(22)27-12-17(26)21-11-16(25)20-10-15(24)19-9-7-5-6-8-14(23)18(2,3)4/h5-12H2,1-4H3,(H,19,24)(H,20,25)(H,21,26). The second-order valence-electron chi connectivity index (χ2n) is 7.17. The first kappa shape index (κ1) is 25.1. The van der Waals surface area contributed by atoms with Crippen molar-refractivity contribution in [2.24, 2.45) is 5.41 Å². The summed E-state index contributed by atoms with van der Waals surface area (Å²) in [5.74, 6) is -1.01. The highest BCUT2D eigenvalue weighted by atomic mass is 32.2. The molecule has 0 aromatic heterocycles. The first-order valence-electron chi connectivity index (χ1n) is 8.99. The van der Waals surface area contributed by atoms with Crippen LogP contribution in [0.1, 0.15) is 53.4 Å². The van der Waals surface area contributed by atoms with Gasteiger partial charge in [0, 0.05) is 25.3 Å². The van der Waals surface area contributed by atoms with Crippen LogP contribution in [0.25, 0.3) is 0 Å². The number of rotatable bonds is 12. The van der Waals surface area contributed by atoms with Gasteiger partial charge in [0.1, 0.15) is 5.78 Å². The van der Waals surface area contributed by atoms with Gasteiger partial charge in [0.25, 0.3) is 0 Å². The van der Waals surface area contributed by atoms with Crippen LogP contribution in [-0.4, -0.2) is 54.0 Å². The number of amides is 3. The van der Waals surface area contributed by atoms with E-state index in [-0.39, 0.29) is 41.1 Å². The van der Waals surface area contributed by atoms with E-state index in [0.717, 1.165) is 31.0 Å². The summed E-state index contributed by atoms with van der Waals surface area (Å²) in [6, 6.07) is 0. The van der Waals surface area contributed by atoms with Crippen LogP contribution < -0.4 is 16.0 Å². The Balaban J connectivity index is 3.68. The smallest absolute Gasteiger partial charge is 0.239 e. The van der Waals surface area contributed by atoms with E-state index in [9.17, 15) is 24.0 Å². The van der Waals surface area contributed by atoms with Crippen molar-refractivity contribution in [3.05, 3.63) is 0 Å². The van der Waals surface area contributed by atoms with Gasteiger partial charge in [-0.05, 0) is 12.8 Å². The molecule has 154 valence electrons. The average Bonchev–Trinajstić information content (AvgIpc) is 2.58. The van der Waals surface area contributed by atoms with Crippen molar-refractivity contribution < 1.29 is 24.0 Å². The Hall–Kier alpha value is -1.90. The Morgan fingerprint density at radius 2 is 1.33 bits per heavy atom. The molecule has 27 heavy (non-hydrogen) atoms. The third-order valence-corrected chi connectivity index (χ3v) is 4.35. The fraction of sp³-hybridized carbons (Fsp3) is 0.722. The second-order valence-corrected chi connectivity index (χ2v) is 8.32. The van der Waals surface area contributed by atoms with Gasteiger partial charge in [0.05, 0.1) is 18.8 Å². The lowest BCUT2D eigenvalue weighted by Gasteiger charge is -2.16. The number of unbranched alkanes of at least 4 members (excludes halogenated alkanes) is 2. The summed E-state index contributed by atoms with van der Waals surface area (Å²) < 4.78 is 0. The molecule has 0 heterocycles. The molecule has 0 rings (SSSR count). The molecular weight excluding hydrogens is 370 g/mol. The number of hydrogen-bond acceptors (Lipinski definition) is 6. The Morgan fingerprint density at radius 3 is 1.89 bits per heavy atom. The van der Waals surface area contributed by atoms with Gasteiger partial charge < -0.3 is 16.0 Å². The van der Waals surface area contributed by atoms with Crippen LogP contribution in [-0.2, 0) is 24.0 Å². The van der Waals surface area contributed by atoms with Crippen molar-refractivity contribution in [1.82, 2.24) is 16.0 Å². The van der Waals surface area contributed by atoms with Crippen molar-refractivity contribution in [2.75, 3.05) is 25.4 Å². The van der Waals surface area contributed by atoms with Crippen LogP contribution in [0.3, 0.4) is 0 Å². The molecule has 0 fully saturated rings. The maximum absolute atomic E-state index is 11.8. The number of ketones is 1. The zero-order valence-corrected chi connectivity index (χ0v) is 17.4. The topological polar surface area (TPSA) is 121 Å². The summed E-state index contributed by atoms with van der Waals surface area (Å²) in [6.07, 6.45) is 2.95. The zero-order chi connectivity index (χ0) is 20.9. The molecule has 3 N–H and O–H groups in total. The molecule has 0 aliphatic rings. The molecular formula is C18H31N3O5S. The molecule has 0 spiro atoms. The lowest BCUT2D eigenvalue weighted by Crippen LogP contribution is -2.42. The van der Waals surface area contributed by atoms with Crippen LogP contribution >= 0.6 is 11.8 Å². The third kappa shape index (κ3) is 14.9. The van der Waals surface area contributed by atoms with Crippen LogP contribution in [0, 0.1) is 5.41 Å². The highest BCUT2D eigenvalue weighted by molar-refractivity contribution is 8.14. The number of nitrogens with one attached hydrogen (secondary N) is 3. The number of carbonyl (C=O) groups is 5. The summed E-state index contributed by atoms with van der Waals surface area (Å²) in [5.41, 5.74) is -0.307. The highest BCUT2D eigenvalue weighted by Crippen LogP contribution is 2.18. The Bertz CT molecular complexity index is 544. The number of hydrogen-bond donors (Lipinski definition) is 3. The summed E-state index contributed by atoms with van der Waals surface area (Å²) in [4.78, 5) is 57.0. The molecule has 0 aromatic carbocycles. The Labute approximate surface area is 165 Å². The molecule has 0 aromatic rings. The van der Waals surface area contributed by atoms with Crippen molar-refractivity contribution in [2.45, 2.75) is 53.4 Å². The van der Waals surface area contributed by atoms with E-state index in [4.69, 9.17) is 0 Å². The van der Waals surface area contributed by atoms with E-state index in [1.807, 2.05) is 20.8 Å². The minimum atomic E-state index is -0.480. The fourth-order valence-electron chi connectivity index (χ4n) is 1.89. The lowest BCUT2D eigenvalue weighted by atomic mass is 9.88. The van der Waals surface area contributed by atoms with Gasteiger partial charge >= 0.3 is 0 Å².